The first kappa shape index (κ1) is 27.7. The van der Waals surface area contributed by atoms with Crippen molar-refractivity contribution in [3.63, 3.8) is 0 Å². The summed E-state index contributed by atoms with van der Waals surface area (Å²) in [5.74, 6) is -1.14. The van der Waals surface area contributed by atoms with Gasteiger partial charge < -0.3 is 24.7 Å². The molecule has 1 N–H and O–H groups in total. The molecule has 0 aliphatic carbocycles. The van der Waals surface area contributed by atoms with Crippen LogP contribution in [-0.2, 0) is 11.2 Å². The van der Waals surface area contributed by atoms with Gasteiger partial charge in [-0.05, 0) is 54.4 Å². The van der Waals surface area contributed by atoms with Gasteiger partial charge in [-0.3, -0.25) is 4.79 Å². The van der Waals surface area contributed by atoms with Gasteiger partial charge in [0.25, 0.3) is 5.91 Å². The Kier molecular flexibility index (Phi) is 9.76. The number of hydrogen-bond acceptors (Lipinski definition) is 5. The van der Waals surface area contributed by atoms with E-state index in [2.05, 4.69) is 5.32 Å². The number of alkyl halides is 1. The van der Waals surface area contributed by atoms with E-state index in [4.69, 9.17) is 44.3 Å². The molecule has 10 heteroatoms. The molecule has 1 amide bonds. The van der Waals surface area contributed by atoms with Crippen molar-refractivity contribution in [2.75, 3.05) is 6.61 Å². The molecule has 1 aliphatic heterocycles. The van der Waals surface area contributed by atoms with Crippen LogP contribution in [0.25, 0.3) is 0 Å². The predicted molar refractivity (Wildman–Crippen MR) is 128 cm³/mol. The summed E-state index contributed by atoms with van der Waals surface area (Å²) in [6, 6.07) is 16.8. The van der Waals surface area contributed by atoms with Crippen LogP contribution in [0.15, 0.2) is 60.7 Å². The number of halogens is 3. The van der Waals surface area contributed by atoms with Crippen LogP contribution in [0.5, 0.6) is 17.2 Å². The smallest absolute Gasteiger partial charge is 0.549 e. The number of carboxylic acid groups (broad SMARTS) is 1. The summed E-state index contributed by atoms with van der Waals surface area (Å²) in [5, 5.41) is 15.0. The Hall–Kier alpha value is -1.93. The molecule has 35 heavy (non-hydrogen) atoms. The number of amides is 1. The van der Waals surface area contributed by atoms with Gasteiger partial charge in [0, 0.05) is 40.5 Å². The second-order valence-corrected chi connectivity index (χ2v) is 9.10. The number of carboxylic acids is 1. The van der Waals surface area contributed by atoms with Gasteiger partial charge >= 0.3 is 29.6 Å². The molecule has 0 spiro atoms. The molecule has 0 radical (unpaired) electrons. The molecule has 0 bridgehead atoms. The van der Waals surface area contributed by atoms with Crippen LogP contribution in [-0.4, -0.2) is 24.0 Å². The van der Waals surface area contributed by atoms with Gasteiger partial charge in [0.2, 0.25) is 0 Å². The van der Waals surface area contributed by atoms with Crippen LogP contribution < -0.4 is 49.5 Å². The number of carbonyl (C=O) groups is 2. The van der Waals surface area contributed by atoms with Crippen LogP contribution in [0.3, 0.4) is 0 Å². The Morgan fingerprint density at radius 1 is 1.09 bits per heavy atom. The Morgan fingerprint density at radius 2 is 1.77 bits per heavy atom. The largest absolute Gasteiger partial charge is 1.00 e. The molecule has 0 fully saturated rings. The van der Waals surface area contributed by atoms with E-state index < -0.39 is 17.4 Å². The minimum absolute atomic E-state index is 0. The molecule has 0 saturated heterocycles. The normalized spacial score (nSPS) is 15.1. The molecule has 2 atom stereocenters. The number of aliphatic carboxylic acids is 1. The van der Waals surface area contributed by atoms with Crippen LogP contribution >= 0.6 is 34.8 Å². The van der Waals surface area contributed by atoms with E-state index in [1.807, 2.05) is 12.1 Å². The van der Waals surface area contributed by atoms with Gasteiger partial charge in [-0.2, -0.15) is 0 Å². The summed E-state index contributed by atoms with van der Waals surface area (Å²) in [4.78, 5) is 23.9. The number of fused-ring (bicyclic) bond motifs is 1. The average molecular weight is 543 g/mol. The molecule has 1 heterocycles. The van der Waals surface area contributed by atoms with E-state index in [-0.39, 0.29) is 47.1 Å². The first-order valence-electron chi connectivity index (χ1n) is 10.4. The van der Waals surface area contributed by atoms with Gasteiger partial charge in [-0.1, -0.05) is 46.9 Å². The summed E-state index contributed by atoms with van der Waals surface area (Å²) < 4.78 is 11.4. The molecular weight excluding hydrogens is 524 g/mol. The zero-order chi connectivity index (χ0) is 24.2. The molecular formula is C25H19Cl3NNaO5. The van der Waals surface area contributed by atoms with E-state index >= 15 is 0 Å². The fourth-order valence-corrected chi connectivity index (χ4v) is 4.23. The molecule has 1 aliphatic rings. The summed E-state index contributed by atoms with van der Waals surface area (Å²) in [6.45, 7) is 0.260. The van der Waals surface area contributed by atoms with Gasteiger partial charge in [-0.15, -0.1) is 0 Å². The first-order chi connectivity index (χ1) is 16.3. The summed E-state index contributed by atoms with van der Waals surface area (Å²) >= 11 is 18.5. The van der Waals surface area contributed by atoms with Crippen LogP contribution in [0, 0.1) is 0 Å². The van der Waals surface area contributed by atoms with Crippen molar-refractivity contribution in [1.82, 2.24) is 5.32 Å². The van der Waals surface area contributed by atoms with Gasteiger partial charge in [0.05, 0.1) is 11.6 Å². The summed E-state index contributed by atoms with van der Waals surface area (Å²) in [5.41, 5.74) is 1.23. The second-order valence-electron chi connectivity index (χ2n) is 7.73. The zero-order valence-corrected chi connectivity index (χ0v) is 23.0. The number of hydrogen-bond donors (Lipinski definition) is 1. The molecule has 0 saturated carbocycles. The van der Waals surface area contributed by atoms with Crippen molar-refractivity contribution in [3.05, 3.63) is 87.4 Å². The van der Waals surface area contributed by atoms with Crippen molar-refractivity contribution in [2.24, 2.45) is 0 Å². The molecule has 4 rings (SSSR count). The van der Waals surface area contributed by atoms with Crippen molar-refractivity contribution < 1.29 is 53.7 Å². The maximum Gasteiger partial charge on any atom is 1.00 e. The molecule has 2 unspecified atom stereocenters. The number of nitrogens with one attached hydrogen (secondary N) is 1. The Labute approximate surface area is 239 Å². The zero-order valence-electron chi connectivity index (χ0n) is 18.7. The van der Waals surface area contributed by atoms with Crippen LogP contribution in [0.4, 0.5) is 0 Å². The second kappa shape index (κ2) is 12.3. The molecule has 176 valence electrons. The number of carbonyl (C=O) groups excluding carboxylic acids is 2. The fourth-order valence-electron chi connectivity index (χ4n) is 3.62. The quantitative estimate of drug-likeness (QED) is 0.280. The SMILES string of the molecule is O=C(NC(Cl)Cc1ccc(Cl)cc1)c1ccc(Oc2cc3c(cc2Cl)C(C(=O)[O-])CCO3)cc1.[Na+]. The van der Waals surface area contributed by atoms with Crippen molar-refractivity contribution >= 4 is 46.7 Å². The number of rotatable bonds is 7. The standard InChI is InChI=1S/C25H20Cl3NO5.Na/c26-16-5-1-14(2-6-16)11-23(28)29-24(30)15-3-7-17(8-4-15)34-22-13-21-19(12-20(22)27)18(25(31)32)9-10-33-21;/h1-8,12-13,18,23H,9-11H2,(H,29,30)(H,31,32);/q;+1/p-1. The summed E-state index contributed by atoms with van der Waals surface area (Å²) in [7, 11) is 0. The Bertz CT molecular complexity index is 1200. The number of benzene rings is 3. The fraction of sp³-hybridized carbons (Fsp3) is 0.200. The van der Waals surface area contributed by atoms with Crippen molar-refractivity contribution in [1.29, 1.82) is 0 Å². The van der Waals surface area contributed by atoms with E-state index in [1.54, 1.807) is 42.5 Å². The maximum absolute atomic E-state index is 12.5. The Morgan fingerprint density at radius 3 is 2.43 bits per heavy atom. The maximum atomic E-state index is 12.5. The third-order valence-electron chi connectivity index (χ3n) is 5.35. The van der Waals surface area contributed by atoms with Crippen LogP contribution in [0.1, 0.15) is 33.8 Å². The van der Waals surface area contributed by atoms with Gasteiger partial charge in [0.15, 0.2) is 0 Å². The van der Waals surface area contributed by atoms with E-state index in [1.165, 1.54) is 6.07 Å². The molecule has 3 aromatic rings. The third kappa shape index (κ3) is 7.06. The third-order valence-corrected chi connectivity index (χ3v) is 6.16. The molecule has 3 aromatic carbocycles. The predicted octanol–water partition coefficient (Wildman–Crippen LogP) is 1.94. The van der Waals surface area contributed by atoms with E-state index in [0.717, 1.165) is 5.56 Å². The molecule has 6 nitrogen and oxygen atoms in total. The Balaban J connectivity index is 0.00000342. The minimum Gasteiger partial charge on any atom is -0.549 e. The minimum atomic E-state index is -1.17. The monoisotopic (exact) mass is 541 g/mol. The molecule has 0 aromatic heterocycles. The average Bonchev–Trinajstić information content (AvgIpc) is 2.81. The van der Waals surface area contributed by atoms with Crippen molar-refractivity contribution in [3.8, 4) is 17.2 Å². The summed E-state index contributed by atoms with van der Waals surface area (Å²) in [6.07, 6.45) is 0.765. The number of ether oxygens (including phenoxy) is 2. The topological polar surface area (TPSA) is 87.7 Å². The van der Waals surface area contributed by atoms with E-state index in [0.29, 0.717) is 46.2 Å². The van der Waals surface area contributed by atoms with Gasteiger partial charge in [-0.25, -0.2) is 0 Å². The van der Waals surface area contributed by atoms with Crippen LogP contribution in [0.2, 0.25) is 10.0 Å². The first-order valence-corrected chi connectivity index (χ1v) is 11.6. The van der Waals surface area contributed by atoms with E-state index in [9.17, 15) is 14.7 Å². The van der Waals surface area contributed by atoms with Crippen molar-refractivity contribution in [2.45, 2.75) is 24.3 Å². The van der Waals surface area contributed by atoms with Gasteiger partial charge in [0.1, 0.15) is 22.7 Å².